The summed E-state index contributed by atoms with van der Waals surface area (Å²) in [6.07, 6.45) is 0. The van der Waals surface area contributed by atoms with E-state index in [-0.39, 0.29) is 17.0 Å². The molecule has 1 aliphatic heterocycles. The Kier molecular flexibility index (Phi) is 5.91. The van der Waals surface area contributed by atoms with Gasteiger partial charge in [-0.05, 0) is 17.2 Å². The van der Waals surface area contributed by atoms with Gasteiger partial charge in [0.05, 0.1) is 0 Å². The van der Waals surface area contributed by atoms with Crippen LogP contribution < -0.4 is 0 Å². The van der Waals surface area contributed by atoms with Crippen molar-refractivity contribution in [1.29, 1.82) is 0 Å². The summed E-state index contributed by atoms with van der Waals surface area (Å²) in [6, 6.07) is 13.1. The molecule has 2 aromatic rings. The van der Waals surface area contributed by atoms with Crippen LogP contribution in [0.25, 0.3) is 0 Å². The number of hydrogen-bond acceptors (Lipinski definition) is 2. The SMILES string of the molecule is O=C1N(Cc2ccccc2)CCN1Cc1ccc(C(F)(F)P(=O)(O)O)c(Br)c1. The molecule has 1 aliphatic rings. The highest BCUT2D eigenvalue weighted by Gasteiger charge is 2.51. The number of hydrogen-bond donors (Lipinski definition) is 2. The first kappa shape index (κ1) is 20.9. The van der Waals surface area contributed by atoms with Crippen LogP contribution in [-0.2, 0) is 23.3 Å². The van der Waals surface area contributed by atoms with E-state index in [1.807, 2.05) is 30.3 Å². The number of nitrogens with zero attached hydrogens (tertiary/aromatic N) is 2. The van der Waals surface area contributed by atoms with Crippen LogP contribution in [0.15, 0.2) is 53.0 Å². The summed E-state index contributed by atoms with van der Waals surface area (Å²) in [5.74, 6) is 0. The molecule has 1 heterocycles. The van der Waals surface area contributed by atoms with Gasteiger partial charge in [-0.25, -0.2) is 4.79 Å². The number of carbonyl (C=O) groups is 1. The number of urea groups is 1. The molecule has 1 fully saturated rings. The lowest BCUT2D eigenvalue weighted by Gasteiger charge is -2.21. The molecule has 2 aromatic carbocycles. The molecule has 6 nitrogen and oxygen atoms in total. The van der Waals surface area contributed by atoms with Crippen LogP contribution in [0.2, 0.25) is 0 Å². The maximum atomic E-state index is 13.9. The Bertz CT molecular complexity index is 923. The van der Waals surface area contributed by atoms with Crippen LogP contribution in [0.1, 0.15) is 16.7 Å². The normalized spacial score (nSPS) is 15.4. The molecule has 0 aliphatic carbocycles. The largest absolute Gasteiger partial charge is 0.399 e. The first-order chi connectivity index (χ1) is 13.1. The standard InChI is InChI=1S/C18H18BrF2N2O4P/c19-16-10-14(6-7-15(16)18(20,21)28(25,26)27)12-23-9-8-22(17(23)24)11-13-4-2-1-3-5-13/h1-7,10H,8-9,11-12H2,(H2,25,26,27). The van der Waals surface area contributed by atoms with Crippen LogP contribution in [0, 0.1) is 0 Å². The van der Waals surface area contributed by atoms with Crippen LogP contribution >= 0.6 is 23.5 Å². The minimum Gasteiger partial charge on any atom is -0.320 e. The second-order valence-electron chi connectivity index (χ2n) is 6.51. The van der Waals surface area contributed by atoms with Crippen molar-refractivity contribution in [2.75, 3.05) is 13.1 Å². The van der Waals surface area contributed by atoms with Crippen molar-refractivity contribution < 1.29 is 27.9 Å². The van der Waals surface area contributed by atoms with E-state index in [0.29, 0.717) is 25.2 Å². The zero-order valence-corrected chi connectivity index (χ0v) is 17.1. The van der Waals surface area contributed by atoms with Gasteiger partial charge in [-0.15, -0.1) is 0 Å². The van der Waals surface area contributed by atoms with E-state index >= 15 is 0 Å². The van der Waals surface area contributed by atoms with E-state index in [1.165, 1.54) is 12.1 Å². The van der Waals surface area contributed by atoms with Crippen molar-refractivity contribution in [3.63, 3.8) is 0 Å². The molecule has 150 valence electrons. The van der Waals surface area contributed by atoms with Gasteiger partial charge < -0.3 is 19.6 Å². The molecule has 2 N–H and O–H groups in total. The number of benzene rings is 2. The Morgan fingerprint density at radius 2 is 1.57 bits per heavy atom. The van der Waals surface area contributed by atoms with E-state index in [1.54, 1.807) is 9.80 Å². The number of halogens is 3. The van der Waals surface area contributed by atoms with E-state index in [4.69, 9.17) is 9.79 Å². The van der Waals surface area contributed by atoms with E-state index < -0.39 is 18.8 Å². The molecule has 0 radical (unpaired) electrons. The predicted molar refractivity (Wildman–Crippen MR) is 103 cm³/mol. The van der Waals surface area contributed by atoms with Crippen molar-refractivity contribution in [3.8, 4) is 0 Å². The fourth-order valence-corrected chi connectivity index (χ4v) is 4.35. The van der Waals surface area contributed by atoms with Gasteiger partial charge in [0.2, 0.25) is 0 Å². The van der Waals surface area contributed by atoms with Gasteiger partial charge in [-0.1, -0.05) is 58.4 Å². The summed E-state index contributed by atoms with van der Waals surface area (Å²) in [7, 11) is -5.65. The fraction of sp³-hybridized carbons (Fsp3) is 0.278. The molecule has 1 saturated heterocycles. The molecular formula is C18H18BrF2N2O4P. The van der Waals surface area contributed by atoms with Crippen molar-refractivity contribution in [1.82, 2.24) is 9.80 Å². The van der Waals surface area contributed by atoms with Gasteiger partial charge in [-0.2, -0.15) is 8.78 Å². The maximum Gasteiger partial charge on any atom is 0.399 e. The number of carbonyl (C=O) groups excluding carboxylic acids is 1. The topological polar surface area (TPSA) is 81.1 Å². The average molecular weight is 475 g/mol. The molecule has 28 heavy (non-hydrogen) atoms. The van der Waals surface area contributed by atoms with Crippen molar-refractivity contribution >= 4 is 29.6 Å². The fourth-order valence-electron chi connectivity index (χ4n) is 3.01. The minimum absolute atomic E-state index is 0.119. The molecule has 10 heteroatoms. The first-order valence-electron chi connectivity index (χ1n) is 8.40. The lowest BCUT2D eigenvalue weighted by molar-refractivity contribution is 0.0557. The second-order valence-corrected chi connectivity index (χ2v) is 9.01. The summed E-state index contributed by atoms with van der Waals surface area (Å²) in [6.45, 7) is 1.77. The summed E-state index contributed by atoms with van der Waals surface area (Å²) < 4.78 is 38.8. The Labute approximate surface area is 169 Å². The van der Waals surface area contributed by atoms with E-state index in [9.17, 15) is 18.1 Å². The number of amides is 2. The van der Waals surface area contributed by atoms with Crippen LogP contribution in [0.3, 0.4) is 0 Å². The lowest BCUT2D eigenvalue weighted by atomic mass is 10.1. The monoisotopic (exact) mass is 474 g/mol. The van der Waals surface area contributed by atoms with Crippen LogP contribution in [-0.4, -0.2) is 38.7 Å². The molecule has 0 spiro atoms. The van der Waals surface area contributed by atoms with E-state index in [2.05, 4.69) is 15.9 Å². The van der Waals surface area contributed by atoms with Gasteiger partial charge >= 0.3 is 19.3 Å². The average Bonchev–Trinajstić information content (AvgIpc) is 2.95. The van der Waals surface area contributed by atoms with Crippen molar-refractivity contribution in [3.05, 3.63) is 69.7 Å². The molecule has 0 saturated carbocycles. The quantitative estimate of drug-likeness (QED) is 0.617. The van der Waals surface area contributed by atoms with Gasteiger partial charge in [0.25, 0.3) is 0 Å². The van der Waals surface area contributed by atoms with Crippen molar-refractivity contribution in [2.24, 2.45) is 0 Å². The van der Waals surface area contributed by atoms with Crippen molar-refractivity contribution in [2.45, 2.75) is 18.8 Å². The Morgan fingerprint density at radius 1 is 1.00 bits per heavy atom. The third-order valence-electron chi connectivity index (χ3n) is 4.49. The van der Waals surface area contributed by atoms with Gasteiger partial charge in [-0.3, -0.25) is 4.57 Å². The zero-order chi connectivity index (χ0) is 20.5. The molecule has 2 amide bonds. The third kappa shape index (κ3) is 4.27. The summed E-state index contributed by atoms with van der Waals surface area (Å²) in [4.78, 5) is 33.7. The Morgan fingerprint density at radius 3 is 2.11 bits per heavy atom. The van der Waals surface area contributed by atoms with Crippen LogP contribution in [0.5, 0.6) is 0 Å². The smallest absolute Gasteiger partial charge is 0.320 e. The van der Waals surface area contributed by atoms with Gasteiger partial charge in [0.1, 0.15) is 0 Å². The minimum atomic E-state index is -5.65. The second kappa shape index (κ2) is 7.91. The summed E-state index contributed by atoms with van der Waals surface area (Å²) in [5.41, 5.74) is -3.49. The summed E-state index contributed by atoms with van der Waals surface area (Å²) in [5, 5.41) is 0. The Balaban J connectivity index is 1.70. The maximum absolute atomic E-state index is 13.9. The highest BCUT2D eigenvalue weighted by Crippen LogP contribution is 2.60. The number of rotatable bonds is 6. The number of alkyl halides is 2. The molecule has 0 aromatic heterocycles. The molecular weight excluding hydrogens is 457 g/mol. The molecule has 3 rings (SSSR count). The third-order valence-corrected chi connectivity index (χ3v) is 6.12. The molecule has 0 atom stereocenters. The molecule has 0 bridgehead atoms. The Hall–Kier alpha value is -1.80. The highest BCUT2D eigenvalue weighted by atomic mass is 79.9. The summed E-state index contributed by atoms with van der Waals surface area (Å²) >= 11 is 2.96. The van der Waals surface area contributed by atoms with E-state index in [0.717, 1.165) is 11.6 Å². The van der Waals surface area contributed by atoms with Gasteiger partial charge in [0, 0.05) is 36.2 Å². The predicted octanol–water partition coefficient (Wildman–Crippen LogP) is 4.11. The molecule has 0 unspecified atom stereocenters. The lowest BCUT2D eigenvalue weighted by Crippen LogP contribution is -2.31. The first-order valence-corrected chi connectivity index (χ1v) is 10.8. The van der Waals surface area contributed by atoms with Crippen LogP contribution in [0.4, 0.5) is 13.6 Å². The van der Waals surface area contributed by atoms with Gasteiger partial charge in [0.15, 0.2) is 0 Å². The zero-order valence-electron chi connectivity index (χ0n) is 14.6. The highest BCUT2D eigenvalue weighted by molar-refractivity contribution is 9.10.